The van der Waals surface area contributed by atoms with E-state index in [2.05, 4.69) is 33.0 Å². The molecule has 2 aliphatic carbocycles. The van der Waals surface area contributed by atoms with Gasteiger partial charge in [0.1, 0.15) is 22.3 Å². The highest BCUT2D eigenvalue weighted by Crippen LogP contribution is 2.47. The Morgan fingerprint density at radius 2 is 1.97 bits per heavy atom. The van der Waals surface area contributed by atoms with E-state index in [4.69, 9.17) is 4.74 Å². The van der Waals surface area contributed by atoms with E-state index in [1.165, 1.54) is 31.1 Å². The van der Waals surface area contributed by atoms with Crippen molar-refractivity contribution in [1.29, 1.82) is 0 Å². The van der Waals surface area contributed by atoms with Crippen LogP contribution in [0.1, 0.15) is 55.1 Å². The Kier molecular flexibility index (Phi) is 7.31. The number of nitrogens with one attached hydrogen (secondary N) is 3. The average molecular weight is 542 g/mol. The van der Waals surface area contributed by atoms with Gasteiger partial charge in [0, 0.05) is 40.8 Å². The Labute approximate surface area is 224 Å². The van der Waals surface area contributed by atoms with Crippen LogP contribution in [0.4, 0.5) is 14.5 Å². The molecule has 2 saturated carbocycles. The summed E-state index contributed by atoms with van der Waals surface area (Å²) in [5, 5.41) is 2.75. The number of rotatable bonds is 7. The van der Waals surface area contributed by atoms with Crippen LogP contribution in [0.2, 0.25) is 0 Å². The predicted molar refractivity (Wildman–Crippen MR) is 141 cm³/mol. The van der Waals surface area contributed by atoms with Gasteiger partial charge >= 0.3 is 0 Å². The van der Waals surface area contributed by atoms with Gasteiger partial charge in [-0.15, -0.1) is 0 Å². The number of aromatic nitrogens is 1. The molecule has 1 aliphatic heterocycles. The molecule has 0 radical (unpaired) electrons. The molecular weight excluding hydrogens is 512 g/mol. The summed E-state index contributed by atoms with van der Waals surface area (Å²) in [7, 11) is 3.08. The first-order valence-corrected chi connectivity index (χ1v) is 13.4. The van der Waals surface area contributed by atoms with Crippen molar-refractivity contribution in [3.05, 3.63) is 41.7 Å². The molecule has 1 aromatic carbocycles. The number of benzene rings is 1. The first-order chi connectivity index (χ1) is 18.2. The van der Waals surface area contributed by atoms with E-state index in [0.717, 1.165) is 25.7 Å². The number of ether oxygens (including phenoxy) is 1. The third kappa shape index (κ3) is 5.62. The lowest BCUT2D eigenvalue weighted by Crippen LogP contribution is -2.43. The van der Waals surface area contributed by atoms with Gasteiger partial charge in [0.05, 0.1) is 13.3 Å². The number of thioether (sulfide) groups is 1. The van der Waals surface area contributed by atoms with Crippen molar-refractivity contribution in [2.75, 3.05) is 19.1 Å². The maximum absolute atomic E-state index is 13.6. The standard InChI is InChI=1S/C27H29F2N5O3S/c1-27(10-11-27)25(36)34(2)16-7-8-17(18(12-16)19-13-20(23(28)29)30-14-21(19)37-3)24(35)31-26-33-32-22(38-26)9-6-15-4-5-15/h7-8,12-15,22-23,26,32-33H,4-5,10-11H2,1-3H3,(H,31,35). The number of hydrazine groups is 1. The normalized spacial score (nSPS) is 21.4. The summed E-state index contributed by atoms with van der Waals surface area (Å²) in [5.41, 5.74) is 6.18. The summed E-state index contributed by atoms with van der Waals surface area (Å²) >= 11 is 1.43. The highest BCUT2D eigenvalue weighted by atomic mass is 32.2. The van der Waals surface area contributed by atoms with Crippen LogP contribution in [0.15, 0.2) is 30.5 Å². The van der Waals surface area contributed by atoms with Gasteiger partial charge in [0.25, 0.3) is 12.3 Å². The molecule has 2 amide bonds. The number of alkyl halides is 2. The summed E-state index contributed by atoms with van der Waals surface area (Å²) in [6.07, 6.45) is 2.28. The van der Waals surface area contributed by atoms with E-state index in [9.17, 15) is 18.4 Å². The molecule has 38 heavy (non-hydrogen) atoms. The number of halogens is 2. The molecular formula is C27H29F2N5O3S. The summed E-state index contributed by atoms with van der Waals surface area (Å²) in [5.74, 6) is 6.60. The van der Waals surface area contributed by atoms with Gasteiger partial charge in [-0.1, -0.05) is 30.5 Å². The fourth-order valence-electron chi connectivity index (χ4n) is 4.15. The number of hydrogen-bond acceptors (Lipinski definition) is 7. The maximum Gasteiger partial charge on any atom is 0.280 e. The van der Waals surface area contributed by atoms with Crippen molar-refractivity contribution in [1.82, 2.24) is 21.2 Å². The lowest BCUT2D eigenvalue weighted by Gasteiger charge is -2.23. The average Bonchev–Trinajstić information content (AvgIpc) is 3.85. The van der Waals surface area contributed by atoms with E-state index in [1.807, 2.05) is 6.92 Å². The molecule has 5 rings (SSSR count). The minimum atomic E-state index is -2.81. The summed E-state index contributed by atoms with van der Waals surface area (Å²) in [4.78, 5) is 31.8. The third-order valence-corrected chi connectivity index (χ3v) is 7.97. The quantitative estimate of drug-likeness (QED) is 0.455. The van der Waals surface area contributed by atoms with Crippen LogP contribution in [0, 0.1) is 23.2 Å². The van der Waals surface area contributed by atoms with Gasteiger partial charge in [-0.25, -0.2) is 19.6 Å². The number of carbonyl (C=O) groups excluding carboxylic acids is 2. The van der Waals surface area contributed by atoms with Gasteiger partial charge in [-0.05, 0) is 49.9 Å². The van der Waals surface area contributed by atoms with Crippen molar-refractivity contribution in [3.8, 4) is 28.7 Å². The molecule has 2 atom stereocenters. The summed E-state index contributed by atoms with van der Waals surface area (Å²) < 4.78 is 32.6. The number of nitrogens with zero attached hydrogens (tertiary/aromatic N) is 2. The molecule has 200 valence electrons. The Hall–Kier alpha value is -3.20. The molecule has 2 aromatic rings. The third-order valence-electron chi connectivity index (χ3n) is 6.95. The van der Waals surface area contributed by atoms with E-state index in [1.54, 1.807) is 30.1 Å². The zero-order chi connectivity index (χ0) is 27.0. The number of amides is 2. The van der Waals surface area contributed by atoms with Crippen LogP contribution >= 0.6 is 11.8 Å². The molecule has 3 N–H and O–H groups in total. The molecule has 3 aliphatic rings. The lowest BCUT2D eigenvalue weighted by atomic mass is 9.97. The van der Waals surface area contributed by atoms with Crippen molar-refractivity contribution < 1.29 is 23.1 Å². The summed E-state index contributed by atoms with van der Waals surface area (Å²) in [6.45, 7) is 1.91. The van der Waals surface area contributed by atoms with E-state index in [0.29, 0.717) is 17.2 Å². The van der Waals surface area contributed by atoms with E-state index >= 15 is 0 Å². The first-order valence-electron chi connectivity index (χ1n) is 12.4. The minimum absolute atomic E-state index is 0.0356. The molecule has 2 unspecified atom stereocenters. The number of pyridine rings is 1. The monoisotopic (exact) mass is 541 g/mol. The second kappa shape index (κ2) is 10.5. The fourth-order valence-corrected chi connectivity index (χ4v) is 5.01. The largest absolute Gasteiger partial charge is 0.494 e. The maximum atomic E-state index is 13.6. The van der Waals surface area contributed by atoms with Crippen LogP contribution in [-0.2, 0) is 4.79 Å². The molecule has 0 spiro atoms. The number of methoxy groups -OCH3 is 1. The van der Waals surface area contributed by atoms with Crippen molar-refractivity contribution in [3.63, 3.8) is 0 Å². The Morgan fingerprint density at radius 1 is 1.21 bits per heavy atom. The molecule has 0 bridgehead atoms. The highest BCUT2D eigenvalue weighted by molar-refractivity contribution is 8.00. The molecule has 11 heteroatoms. The van der Waals surface area contributed by atoms with Crippen LogP contribution in [0.3, 0.4) is 0 Å². The fraction of sp³-hybridized carbons (Fsp3) is 0.444. The van der Waals surface area contributed by atoms with Gasteiger partial charge in [-0.3, -0.25) is 14.6 Å². The van der Waals surface area contributed by atoms with Crippen LogP contribution in [-0.4, -0.2) is 41.8 Å². The second-order valence-corrected chi connectivity index (χ2v) is 11.2. The topological polar surface area (TPSA) is 95.6 Å². The Morgan fingerprint density at radius 3 is 2.63 bits per heavy atom. The molecule has 8 nitrogen and oxygen atoms in total. The van der Waals surface area contributed by atoms with Crippen molar-refractivity contribution in [2.45, 2.75) is 49.9 Å². The molecule has 2 heterocycles. The highest BCUT2D eigenvalue weighted by Gasteiger charge is 2.46. The number of carbonyl (C=O) groups is 2. The lowest BCUT2D eigenvalue weighted by molar-refractivity contribution is -0.122. The van der Waals surface area contributed by atoms with Crippen molar-refractivity contribution >= 4 is 29.3 Å². The molecule has 3 fully saturated rings. The predicted octanol–water partition coefficient (Wildman–Crippen LogP) is 4.05. The second-order valence-electron chi connectivity index (χ2n) is 9.99. The van der Waals surface area contributed by atoms with E-state index in [-0.39, 0.29) is 28.2 Å². The SMILES string of the molecule is COc1cnc(C(F)F)cc1-c1cc(N(C)C(=O)C2(C)CC2)ccc1C(=O)NC1NNC(C#CC2CC2)S1. The minimum Gasteiger partial charge on any atom is -0.494 e. The van der Waals surface area contributed by atoms with Crippen LogP contribution in [0.25, 0.3) is 11.1 Å². The van der Waals surface area contributed by atoms with Gasteiger partial charge in [0.15, 0.2) is 0 Å². The van der Waals surface area contributed by atoms with Gasteiger partial charge in [-0.2, -0.15) is 0 Å². The smallest absolute Gasteiger partial charge is 0.280 e. The molecule has 1 saturated heterocycles. The van der Waals surface area contributed by atoms with Gasteiger partial charge in [0.2, 0.25) is 5.91 Å². The zero-order valence-corrected chi connectivity index (χ0v) is 22.1. The number of hydrogen-bond donors (Lipinski definition) is 3. The number of anilines is 1. The first kappa shape index (κ1) is 26.4. The van der Waals surface area contributed by atoms with Crippen molar-refractivity contribution in [2.24, 2.45) is 11.3 Å². The van der Waals surface area contributed by atoms with Crippen LogP contribution in [0.5, 0.6) is 5.75 Å². The van der Waals surface area contributed by atoms with E-state index < -0.39 is 28.9 Å². The zero-order valence-electron chi connectivity index (χ0n) is 21.3. The van der Waals surface area contributed by atoms with Gasteiger partial charge < -0.3 is 15.0 Å². The summed E-state index contributed by atoms with van der Waals surface area (Å²) in [6, 6.07) is 6.15. The van der Waals surface area contributed by atoms with Crippen LogP contribution < -0.4 is 25.8 Å². The Bertz CT molecular complexity index is 1320. The Balaban J connectivity index is 1.47. The molecule has 1 aromatic heterocycles.